The summed E-state index contributed by atoms with van der Waals surface area (Å²) in [6, 6.07) is 37.3. The lowest BCUT2D eigenvalue weighted by molar-refractivity contribution is -0.156. The zero-order valence-electron chi connectivity index (χ0n) is 22.5. The van der Waals surface area contributed by atoms with Crippen LogP contribution < -0.4 is 9.47 Å². The number of rotatable bonds is 11. The third kappa shape index (κ3) is 7.00. The van der Waals surface area contributed by atoms with Crippen LogP contribution in [0.3, 0.4) is 0 Å². The molecule has 0 spiro atoms. The third-order valence-electron chi connectivity index (χ3n) is 6.79. The maximum Gasteiger partial charge on any atom is 0.309 e. The van der Waals surface area contributed by atoms with Crippen molar-refractivity contribution in [2.24, 2.45) is 11.8 Å². The van der Waals surface area contributed by atoms with Gasteiger partial charge in [0.25, 0.3) is 0 Å². The molecule has 0 saturated carbocycles. The van der Waals surface area contributed by atoms with Gasteiger partial charge < -0.3 is 14.2 Å². The van der Waals surface area contributed by atoms with Gasteiger partial charge in [-0.15, -0.1) is 0 Å². The monoisotopic (exact) mass is 588 g/mol. The number of thioether (sulfide) groups is 3. The SMILES string of the molecule is COc1cc(C[C@@H]2C(=O)OCC[C@H]2C(Sc2ccccc2)(Sc2ccccc2)Sc2ccccc2)cc(OC)c1. The van der Waals surface area contributed by atoms with E-state index in [-0.39, 0.29) is 17.8 Å². The summed E-state index contributed by atoms with van der Waals surface area (Å²) >= 11 is 5.50. The van der Waals surface area contributed by atoms with Gasteiger partial charge in [0, 0.05) is 26.7 Å². The van der Waals surface area contributed by atoms with E-state index < -0.39 is 3.41 Å². The number of hydrogen-bond acceptors (Lipinski definition) is 7. The molecule has 0 unspecified atom stereocenters. The molecule has 4 nitrogen and oxygen atoms in total. The van der Waals surface area contributed by atoms with Crippen LogP contribution in [0.4, 0.5) is 0 Å². The number of cyclic esters (lactones) is 1. The number of hydrogen-bond donors (Lipinski definition) is 0. The van der Waals surface area contributed by atoms with Crippen LogP contribution in [0.2, 0.25) is 0 Å². The van der Waals surface area contributed by atoms with Crippen molar-refractivity contribution in [3.8, 4) is 11.5 Å². The molecule has 0 bridgehead atoms. The second-order valence-electron chi connectivity index (χ2n) is 9.44. The summed E-state index contributed by atoms with van der Waals surface area (Å²) in [5.41, 5.74) is 0.984. The molecule has 5 rings (SSSR count). The molecular formula is C33H32O4S3. The Morgan fingerprint density at radius 3 is 1.60 bits per heavy atom. The van der Waals surface area contributed by atoms with E-state index in [1.54, 1.807) is 14.2 Å². The Morgan fingerprint density at radius 2 is 1.18 bits per heavy atom. The summed E-state index contributed by atoms with van der Waals surface area (Å²) in [4.78, 5) is 17.1. The van der Waals surface area contributed by atoms with Gasteiger partial charge in [0.1, 0.15) is 14.9 Å². The topological polar surface area (TPSA) is 44.8 Å². The van der Waals surface area contributed by atoms with Gasteiger partial charge in [0.15, 0.2) is 0 Å². The van der Waals surface area contributed by atoms with E-state index in [0.717, 1.165) is 26.7 Å². The molecule has 4 aromatic carbocycles. The highest BCUT2D eigenvalue weighted by Gasteiger charge is 2.50. The van der Waals surface area contributed by atoms with Gasteiger partial charge in [-0.05, 0) is 66.9 Å². The third-order valence-corrected chi connectivity index (χ3v) is 11.6. The second-order valence-corrected chi connectivity index (χ2v) is 14.2. The zero-order chi connectivity index (χ0) is 27.8. The molecule has 1 fully saturated rings. The van der Waals surface area contributed by atoms with Gasteiger partial charge in [-0.3, -0.25) is 4.79 Å². The number of benzene rings is 4. The summed E-state index contributed by atoms with van der Waals surface area (Å²) in [5, 5.41) is 0. The molecule has 1 aliphatic heterocycles. The average molecular weight is 589 g/mol. The van der Waals surface area contributed by atoms with Crippen molar-refractivity contribution in [1.29, 1.82) is 0 Å². The number of methoxy groups -OCH3 is 2. The molecule has 40 heavy (non-hydrogen) atoms. The lowest BCUT2D eigenvalue weighted by Crippen LogP contribution is -2.43. The van der Waals surface area contributed by atoms with E-state index in [1.807, 2.05) is 71.7 Å². The van der Waals surface area contributed by atoms with E-state index in [0.29, 0.717) is 24.5 Å². The van der Waals surface area contributed by atoms with E-state index in [1.165, 1.54) is 0 Å². The largest absolute Gasteiger partial charge is 0.497 e. The molecule has 0 aromatic heterocycles. The molecule has 1 aliphatic rings. The molecule has 4 aromatic rings. The van der Waals surface area contributed by atoms with Gasteiger partial charge in [-0.2, -0.15) is 0 Å². The lowest BCUT2D eigenvalue weighted by Gasteiger charge is -2.44. The Morgan fingerprint density at radius 1 is 0.725 bits per heavy atom. The molecule has 7 heteroatoms. The van der Waals surface area contributed by atoms with E-state index in [4.69, 9.17) is 14.2 Å². The van der Waals surface area contributed by atoms with Crippen LogP contribution in [0.5, 0.6) is 11.5 Å². The molecule has 206 valence electrons. The van der Waals surface area contributed by atoms with Crippen molar-refractivity contribution >= 4 is 41.3 Å². The van der Waals surface area contributed by atoms with Crippen molar-refractivity contribution in [2.45, 2.75) is 30.9 Å². The van der Waals surface area contributed by atoms with Crippen LogP contribution in [-0.2, 0) is 16.0 Å². The maximum absolute atomic E-state index is 13.6. The van der Waals surface area contributed by atoms with Crippen molar-refractivity contribution in [3.63, 3.8) is 0 Å². The Labute approximate surface area is 249 Å². The van der Waals surface area contributed by atoms with Crippen molar-refractivity contribution in [1.82, 2.24) is 0 Å². The first-order chi connectivity index (χ1) is 19.6. The summed E-state index contributed by atoms with van der Waals surface area (Å²) < 4.78 is 16.3. The smallest absolute Gasteiger partial charge is 0.309 e. The highest BCUT2D eigenvalue weighted by Crippen LogP contribution is 2.62. The fraction of sp³-hybridized carbons (Fsp3) is 0.242. The molecule has 0 radical (unpaired) electrons. The van der Waals surface area contributed by atoms with Gasteiger partial charge >= 0.3 is 5.97 Å². The minimum absolute atomic E-state index is 0.00781. The maximum atomic E-state index is 13.6. The molecule has 0 aliphatic carbocycles. The quantitative estimate of drug-likeness (QED) is 0.0989. The van der Waals surface area contributed by atoms with E-state index in [2.05, 4.69) is 72.8 Å². The highest BCUT2D eigenvalue weighted by molar-refractivity contribution is 8.33. The standard InChI is InChI=1S/C33H32O4S3/c1-35-25-20-24(21-26(23-25)36-2)22-30-31(18-19-37-32(30)34)33(38-27-12-6-3-7-13-27,39-28-14-8-4-9-15-28)40-29-16-10-5-11-17-29/h3-17,20-21,23,30-31H,18-19,22H2,1-2H3/t30-,31+/m0/s1. The molecule has 2 atom stereocenters. The zero-order valence-corrected chi connectivity index (χ0v) is 25.0. The van der Waals surface area contributed by atoms with Gasteiger partial charge in [0.05, 0.1) is 26.7 Å². The van der Waals surface area contributed by atoms with Crippen molar-refractivity contribution in [3.05, 3.63) is 115 Å². The molecule has 0 amide bonds. The first kappa shape index (κ1) is 28.5. The van der Waals surface area contributed by atoms with E-state index >= 15 is 0 Å². The molecule has 1 saturated heterocycles. The summed E-state index contributed by atoms with van der Waals surface area (Å²) in [6.45, 7) is 0.406. The summed E-state index contributed by atoms with van der Waals surface area (Å²) in [5.74, 6) is 0.897. The summed E-state index contributed by atoms with van der Waals surface area (Å²) in [7, 11) is 3.29. The van der Waals surface area contributed by atoms with Crippen LogP contribution in [0, 0.1) is 11.8 Å². The van der Waals surface area contributed by atoms with Crippen molar-refractivity contribution < 1.29 is 19.0 Å². The van der Waals surface area contributed by atoms with Gasteiger partial charge in [0.2, 0.25) is 0 Å². The Balaban J connectivity index is 1.62. The second kappa shape index (κ2) is 13.6. The fourth-order valence-corrected chi connectivity index (χ4v) is 10.3. The molecular weight excluding hydrogens is 557 g/mol. The van der Waals surface area contributed by atoms with Gasteiger partial charge in [-0.1, -0.05) is 89.9 Å². The molecule has 0 N–H and O–H groups in total. The highest BCUT2D eigenvalue weighted by atomic mass is 32.3. The predicted octanol–water partition coefficient (Wildman–Crippen LogP) is 8.46. The van der Waals surface area contributed by atoms with E-state index in [9.17, 15) is 4.79 Å². The number of ether oxygens (including phenoxy) is 3. The van der Waals surface area contributed by atoms with Gasteiger partial charge in [-0.25, -0.2) is 0 Å². The fourth-order valence-electron chi connectivity index (χ4n) is 4.89. The number of carbonyl (C=O) groups excluding carboxylic acids is 1. The molecule has 1 heterocycles. The minimum Gasteiger partial charge on any atom is -0.497 e. The first-order valence-corrected chi connectivity index (χ1v) is 15.6. The van der Waals surface area contributed by atoms with Crippen LogP contribution >= 0.6 is 35.3 Å². The Kier molecular flexibility index (Phi) is 9.68. The van der Waals surface area contributed by atoms with Crippen molar-refractivity contribution in [2.75, 3.05) is 20.8 Å². The minimum atomic E-state index is -0.461. The van der Waals surface area contributed by atoms with Crippen LogP contribution in [0.1, 0.15) is 12.0 Å². The lowest BCUT2D eigenvalue weighted by atomic mass is 9.84. The number of esters is 1. The first-order valence-electron chi connectivity index (χ1n) is 13.2. The Bertz CT molecular complexity index is 1260. The van der Waals surface area contributed by atoms with Crippen LogP contribution in [-0.4, -0.2) is 30.2 Å². The van der Waals surface area contributed by atoms with Crippen LogP contribution in [0.25, 0.3) is 0 Å². The van der Waals surface area contributed by atoms with Crippen LogP contribution in [0.15, 0.2) is 124 Å². The Hall–Kier alpha value is -3.00. The average Bonchev–Trinajstić information content (AvgIpc) is 2.99. The summed E-state index contributed by atoms with van der Waals surface area (Å²) in [6.07, 6.45) is 1.29. The normalized spacial score (nSPS) is 17.2. The number of carbonyl (C=O) groups is 1. The predicted molar refractivity (Wildman–Crippen MR) is 165 cm³/mol.